The normalized spacial score (nSPS) is 16.5. The molecule has 1 aliphatic heterocycles. The van der Waals surface area contributed by atoms with Gasteiger partial charge in [-0.2, -0.15) is 15.4 Å². The fourth-order valence-corrected chi connectivity index (χ4v) is 3.47. The molecule has 172 valence electrons. The fraction of sp³-hybridized carbons (Fsp3) is 0.273. The molecule has 1 fully saturated rings. The van der Waals surface area contributed by atoms with E-state index in [2.05, 4.69) is 26.0 Å². The van der Waals surface area contributed by atoms with Crippen LogP contribution in [0.15, 0.2) is 48.7 Å². The highest BCUT2D eigenvalue weighted by atomic mass is 19.1. The summed E-state index contributed by atoms with van der Waals surface area (Å²) in [7, 11) is 0. The molecule has 1 aromatic heterocycles. The van der Waals surface area contributed by atoms with E-state index < -0.39 is 24.2 Å². The summed E-state index contributed by atoms with van der Waals surface area (Å²) < 4.78 is 20.1. The summed E-state index contributed by atoms with van der Waals surface area (Å²) in [5, 5.41) is 25.4. The number of ether oxygens (including phenoxy) is 1. The number of aromatic nitrogens is 3. The number of anilines is 1. The van der Waals surface area contributed by atoms with Gasteiger partial charge >= 0.3 is 6.09 Å². The number of hydrogen-bond acceptors (Lipinski definition) is 7. The molecular weight excluding hydrogens is 431 g/mol. The summed E-state index contributed by atoms with van der Waals surface area (Å²) in [6, 6.07) is 11.8. The number of nitrogens with one attached hydrogen (secondary N) is 3. The quantitative estimate of drug-likeness (QED) is 0.382. The zero-order chi connectivity index (χ0) is 23.4. The van der Waals surface area contributed by atoms with Crippen LogP contribution in [0.25, 0.3) is 11.1 Å². The Morgan fingerprint density at radius 2 is 2.12 bits per heavy atom. The van der Waals surface area contributed by atoms with Crippen molar-refractivity contribution in [3.05, 3.63) is 65.7 Å². The van der Waals surface area contributed by atoms with Gasteiger partial charge in [0.1, 0.15) is 17.6 Å². The van der Waals surface area contributed by atoms with Crippen LogP contribution in [0.2, 0.25) is 0 Å². The Kier molecular flexibility index (Phi) is 6.61. The molecule has 1 saturated heterocycles. The van der Waals surface area contributed by atoms with Crippen molar-refractivity contribution in [1.82, 2.24) is 26.0 Å². The molecule has 1 unspecified atom stereocenters. The Bertz CT molecular complexity index is 1120. The van der Waals surface area contributed by atoms with Crippen LogP contribution in [0.5, 0.6) is 0 Å². The smallest absolute Gasteiger partial charge is 0.414 e. The van der Waals surface area contributed by atoms with Crippen LogP contribution in [0.1, 0.15) is 24.4 Å². The van der Waals surface area contributed by atoms with Gasteiger partial charge in [0.2, 0.25) is 5.91 Å². The minimum Gasteiger partial charge on any atom is -0.442 e. The summed E-state index contributed by atoms with van der Waals surface area (Å²) >= 11 is 0. The predicted molar refractivity (Wildman–Crippen MR) is 116 cm³/mol. The minimum atomic E-state index is -0.955. The van der Waals surface area contributed by atoms with Gasteiger partial charge in [0.05, 0.1) is 25.0 Å². The van der Waals surface area contributed by atoms with E-state index in [9.17, 15) is 19.1 Å². The van der Waals surface area contributed by atoms with E-state index in [1.54, 1.807) is 24.3 Å². The number of H-pyrrole nitrogens is 1. The number of carbonyl (C=O) groups is 2. The molecule has 0 bridgehead atoms. The second kappa shape index (κ2) is 9.76. The van der Waals surface area contributed by atoms with Crippen LogP contribution in [0, 0.1) is 5.82 Å². The summed E-state index contributed by atoms with van der Waals surface area (Å²) in [4.78, 5) is 24.5. The van der Waals surface area contributed by atoms with Crippen LogP contribution in [0.4, 0.5) is 14.9 Å². The van der Waals surface area contributed by atoms with Crippen molar-refractivity contribution in [3.8, 4) is 11.1 Å². The highest BCUT2D eigenvalue weighted by Gasteiger charge is 2.32. The Hall–Kier alpha value is -3.83. The van der Waals surface area contributed by atoms with Gasteiger partial charge in [-0.15, -0.1) is 0 Å². The Morgan fingerprint density at radius 1 is 1.33 bits per heavy atom. The third-order valence-electron chi connectivity index (χ3n) is 5.20. The lowest BCUT2D eigenvalue weighted by Crippen LogP contribution is -2.33. The monoisotopic (exact) mass is 454 g/mol. The maximum absolute atomic E-state index is 14.9. The molecule has 1 aliphatic rings. The van der Waals surface area contributed by atoms with Crippen molar-refractivity contribution in [2.45, 2.75) is 25.8 Å². The average molecular weight is 454 g/mol. The molecule has 3 aromatic rings. The zero-order valence-corrected chi connectivity index (χ0v) is 17.8. The number of carbonyl (C=O) groups excluding carboxylic acids is 2. The molecule has 2 heterocycles. The SMILES string of the molecule is CC(=O)NC[C@H]1CN(c2ccc(-c3ccc(CNC(O)c4cn[nH]n4)cc3)c(F)c2)C(=O)O1. The molecule has 0 spiro atoms. The molecule has 2 amide bonds. The first-order chi connectivity index (χ1) is 15.9. The molecule has 33 heavy (non-hydrogen) atoms. The van der Waals surface area contributed by atoms with Crippen LogP contribution in [-0.2, 0) is 16.1 Å². The number of aromatic amines is 1. The predicted octanol–water partition coefficient (Wildman–Crippen LogP) is 1.85. The Balaban J connectivity index is 1.39. The summed E-state index contributed by atoms with van der Waals surface area (Å²) in [5.41, 5.74) is 2.73. The second-order valence-electron chi connectivity index (χ2n) is 7.59. The van der Waals surface area contributed by atoms with E-state index in [1.807, 2.05) is 12.1 Å². The Labute approximate surface area is 188 Å². The van der Waals surface area contributed by atoms with E-state index in [0.29, 0.717) is 29.1 Å². The second-order valence-corrected chi connectivity index (χ2v) is 7.59. The van der Waals surface area contributed by atoms with Crippen molar-refractivity contribution in [3.63, 3.8) is 0 Å². The first-order valence-electron chi connectivity index (χ1n) is 10.3. The van der Waals surface area contributed by atoms with Crippen LogP contribution in [-0.4, -0.2) is 51.7 Å². The third-order valence-corrected chi connectivity index (χ3v) is 5.20. The van der Waals surface area contributed by atoms with Crippen molar-refractivity contribution in [2.75, 3.05) is 18.0 Å². The number of cyclic esters (lactones) is 1. The maximum atomic E-state index is 14.9. The lowest BCUT2D eigenvalue weighted by Gasteiger charge is -2.15. The number of halogens is 1. The molecule has 4 rings (SSSR count). The van der Waals surface area contributed by atoms with Crippen LogP contribution < -0.4 is 15.5 Å². The minimum absolute atomic E-state index is 0.203. The highest BCUT2D eigenvalue weighted by molar-refractivity contribution is 5.90. The summed E-state index contributed by atoms with van der Waals surface area (Å²) in [5.74, 6) is -0.689. The number of benzene rings is 2. The van der Waals surface area contributed by atoms with E-state index >= 15 is 0 Å². The van der Waals surface area contributed by atoms with Crippen molar-refractivity contribution in [1.29, 1.82) is 0 Å². The molecule has 0 radical (unpaired) electrons. The first-order valence-corrected chi connectivity index (χ1v) is 10.3. The van der Waals surface area contributed by atoms with E-state index in [1.165, 1.54) is 24.1 Å². The lowest BCUT2D eigenvalue weighted by atomic mass is 10.0. The van der Waals surface area contributed by atoms with Gasteiger partial charge in [0.15, 0.2) is 6.23 Å². The molecule has 11 heteroatoms. The van der Waals surface area contributed by atoms with E-state index in [4.69, 9.17) is 4.74 Å². The number of amides is 2. The van der Waals surface area contributed by atoms with Crippen molar-refractivity contribution >= 4 is 17.7 Å². The number of aliphatic hydroxyl groups is 1. The van der Waals surface area contributed by atoms with Crippen molar-refractivity contribution < 1.29 is 23.8 Å². The molecule has 0 saturated carbocycles. The Morgan fingerprint density at radius 3 is 2.79 bits per heavy atom. The number of hydrogen-bond donors (Lipinski definition) is 4. The van der Waals surface area contributed by atoms with E-state index in [-0.39, 0.29) is 19.0 Å². The van der Waals surface area contributed by atoms with Gasteiger partial charge in [-0.3, -0.25) is 15.0 Å². The zero-order valence-electron chi connectivity index (χ0n) is 17.8. The molecular formula is C22H23FN6O4. The number of rotatable bonds is 8. The van der Waals surface area contributed by atoms with Gasteiger partial charge < -0.3 is 15.2 Å². The molecule has 4 N–H and O–H groups in total. The maximum Gasteiger partial charge on any atom is 0.414 e. The molecule has 10 nitrogen and oxygen atoms in total. The van der Waals surface area contributed by atoms with E-state index in [0.717, 1.165) is 5.56 Å². The van der Waals surface area contributed by atoms with Crippen molar-refractivity contribution in [2.24, 2.45) is 0 Å². The van der Waals surface area contributed by atoms with Gasteiger partial charge in [-0.1, -0.05) is 24.3 Å². The lowest BCUT2D eigenvalue weighted by molar-refractivity contribution is -0.119. The average Bonchev–Trinajstić information content (AvgIpc) is 3.46. The topological polar surface area (TPSA) is 132 Å². The largest absolute Gasteiger partial charge is 0.442 e. The van der Waals surface area contributed by atoms with Crippen LogP contribution in [0.3, 0.4) is 0 Å². The third kappa shape index (κ3) is 5.33. The van der Waals surface area contributed by atoms with Crippen LogP contribution >= 0.6 is 0 Å². The summed E-state index contributed by atoms with van der Waals surface area (Å²) in [6.07, 6.45) is -0.600. The molecule has 2 atom stereocenters. The summed E-state index contributed by atoms with van der Waals surface area (Å²) in [6.45, 7) is 2.19. The highest BCUT2D eigenvalue weighted by Crippen LogP contribution is 2.29. The number of nitrogens with zero attached hydrogens (tertiary/aromatic N) is 3. The molecule has 2 aromatic carbocycles. The van der Waals surface area contributed by atoms with Gasteiger partial charge in [0, 0.05) is 19.0 Å². The fourth-order valence-electron chi connectivity index (χ4n) is 3.47. The standard InChI is InChI=1S/C22H23FN6O4/c1-13(30)24-10-17-12-29(22(32)33-17)16-6-7-18(19(23)8-16)15-4-2-14(3-5-15)9-25-21(31)20-11-26-28-27-20/h2-8,11,17,21,25,31H,9-10,12H2,1H3,(H,24,30)(H,26,27,28)/t17-,21?/m0/s1. The van der Waals surface area contributed by atoms with Gasteiger partial charge in [-0.25, -0.2) is 9.18 Å². The van der Waals surface area contributed by atoms with Gasteiger partial charge in [-0.05, 0) is 29.3 Å². The van der Waals surface area contributed by atoms with Gasteiger partial charge in [0.25, 0.3) is 0 Å². The number of aliphatic hydroxyl groups excluding tert-OH is 1. The first kappa shape index (κ1) is 22.4. The molecule has 0 aliphatic carbocycles.